The Bertz CT molecular complexity index is 125. The van der Waals surface area contributed by atoms with E-state index < -0.39 is 14.3 Å². The summed E-state index contributed by atoms with van der Waals surface area (Å²) >= 11 is 17.2. The molecular weight excluding hydrogens is 263 g/mol. The maximum atomic E-state index is 5.73. The van der Waals surface area contributed by atoms with Gasteiger partial charge in [-0.25, -0.2) is 0 Å². The maximum Gasteiger partial charge on any atom is 0.341 e. The third kappa shape index (κ3) is 13.3. The van der Waals surface area contributed by atoms with Crippen LogP contribution in [0.25, 0.3) is 0 Å². The molecule has 0 rings (SSSR count). The van der Waals surface area contributed by atoms with E-state index >= 15 is 0 Å². The van der Waals surface area contributed by atoms with Gasteiger partial charge in [0.25, 0.3) is 0 Å². The third-order valence-electron chi connectivity index (χ3n) is 1.56. The average molecular weight is 284 g/mol. The van der Waals surface area contributed by atoms with Gasteiger partial charge in [-0.1, -0.05) is 14.9 Å². The van der Waals surface area contributed by atoms with Gasteiger partial charge in [-0.2, -0.15) is 0 Å². The standard InChI is InChI=1S/C5H13Cl3OSi2.2CH4/c1-9-10(2,3)4-5-11(6,7)8;;/h4-5H2,1-3H3;2*1H4. The minimum absolute atomic E-state index is 0. The fourth-order valence-corrected chi connectivity index (χ4v) is 6.84. The van der Waals surface area contributed by atoms with Crippen LogP contribution in [0.2, 0.25) is 25.2 Å². The summed E-state index contributed by atoms with van der Waals surface area (Å²) in [5.74, 6) is 0. The van der Waals surface area contributed by atoms with E-state index in [0.29, 0.717) is 6.04 Å². The first-order valence-corrected chi connectivity index (χ1v) is 11.7. The molecule has 0 radical (unpaired) electrons. The molecule has 1 nitrogen and oxygen atoms in total. The van der Waals surface area contributed by atoms with E-state index in [4.69, 9.17) is 37.7 Å². The van der Waals surface area contributed by atoms with Crippen LogP contribution in [-0.2, 0) is 4.43 Å². The lowest BCUT2D eigenvalue weighted by Gasteiger charge is -2.20. The molecule has 0 bridgehead atoms. The largest absolute Gasteiger partial charge is 0.420 e. The van der Waals surface area contributed by atoms with Crippen LogP contribution in [0, 0.1) is 0 Å². The van der Waals surface area contributed by atoms with Gasteiger partial charge in [0.15, 0.2) is 8.32 Å². The van der Waals surface area contributed by atoms with Gasteiger partial charge in [-0.15, -0.1) is 33.2 Å². The minimum Gasteiger partial charge on any atom is -0.420 e. The zero-order valence-corrected chi connectivity index (χ0v) is 11.2. The molecular formula is C7H21Cl3OSi2. The topological polar surface area (TPSA) is 9.23 Å². The Balaban J connectivity index is -0.000000500. The number of hydrogen-bond donors (Lipinski definition) is 0. The summed E-state index contributed by atoms with van der Waals surface area (Å²) in [7, 11) is 0.223. The highest BCUT2D eigenvalue weighted by Crippen LogP contribution is 2.29. The van der Waals surface area contributed by atoms with Crippen LogP contribution in [0.15, 0.2) is 0 Å². The highest BCUT2D eigenvalue weighted by Gasteiger charge is 2.30. The molecule has 0 saturated carbocycles. The molecule has 13 heavy (non-hydrogen) atoms. The predicted molar refractivity (Wildman–Crippen MR) is 70.9 cm³/mol. The molecule has 6 heteroatoms. The quantitative estimate of drug-likeness (QED) is 0.534. The Morgan fingerprint density at radius 1 is 1.00 bits per heavy atom. The molecule has 0 aromatic carbocycles. The van der Waals surface area contributed by atoms with Crippen LogP contribution >= 0.6 is 33.2 Å². The summed E-state index contributed by atoms with van der Waals surface area (Å²) in [6.07, 6.45) is 0. The zero-order chi connectivity index (χ0) is 9.12. The van der Waals surface area contributed by atoms with Crippen LogP contribution in [0.3, 0.4) is 0 Å². The zero-order valence-electron chi connectivity index (χ0n) is 6.96. The van der Waals surface area contributed by atoms with Gasteiger partial charge in [0.2, 0.25) is 0 Å². The minimum atomic E-state index is -2.41. The molecule has 0 unspecified atom stereocenters. The van der Waals surface area contributed by atoms with Crippen molar-refractivity contribution in [2.24, 2.45) is 0 Å². The summed E-state index contributed by atoms with van der Waals surface area (Å²) in [6, 6.07) is -0.762. The van der Waals surface area contributed by atoms with Crippen molar-refractivity contribution < 1.29 is 4.43 Å². The highest BCUT2D eigenvalue weighted by molar-refractivity contribution is 7.64. The lowest BCUT2D eigenvalue weighted by molar-refractivity contribution is 0.405. The molecule has 0 aromatic heterocycles. The van der Waals surface area contributed by atoms with Crippen molar-refractivity contribution in [3.63, 3.8) is 0 Å². The molecule has 0 fully saturated rings. The molecule has 0 aliphatic rings. The van der Waals surface area contributed by atoms with Crippen molar-refractivity contribution >= 4 is 47.6 Å². The van der Waals surface area contributed by atoms with Crippen LogP contribution < -0.4 is 0 Å². The second-order valence-electron chi connectivity index (χ2n) is 3.08. The summed E-state index contributed by atoms with van der Waals surface area (Å²) in [5, 5.41) is 0. The smallest absolute Gasteiger partial charge is 0.341 e. The molecule has 0 aromatic rings. The van der Waals surface area contributed by atoms with Gasteiger partial charge >= 0.3 is 6.00 Å². The van der Waals surface area contributed by atoms with E-state index in [1.165, 1.54) is 0 Å². The molecule has 0 spiro atoms. The Hall–Kier alpha value is 1.26. The first-order valence-electron chi connectivity index (χ1n) is 3.39. The lowest BCUT2D eigenvalue weighted by atomic mass is 10.9. The monoisotopic (exact) mass is 282 g/mol. The number of halogens is 3. The Labute approximate surface area is 99.0 Å². The second kappa shape index (κ2) is 7.54. The fourth-order valence-electron chi connectivity index (χ4n) is 0.545. The van der Waals surface area contributed by atoms with Crippen molar-refractivity contribution in [1.29, 1.82) is 0 Å². The lowest BCUT2D eigenvalue weighted by Crippen LogP contribution is -2.30. The summed E-state index contributed by atoms with van der Waals surface area (Å²) < 4.78 is 5.32. The van der Waals surface area contributed by atoms with E-state index in [1.54, 1.807) is 7.11 Å². The first kappa shape index (κ1) is 19.8. The third-order valence-corrected chi connectivity index (χ3v) is 7.14. The molecule has 0 aliphatic heterocycles. The normalized spacial score (nSPS) is 11.5. The number of hydrogen-bond acceptors (Lipinski definition) is 1. The fraction of sp³-hybridized carbons (Fsp3) is 1.00. The van der Waals surface area contributed by atoms with Gasteiger partial charge in [-0.05, 0) is 25.2 Å². The summed E-state index contributed by atoms with van der Waals surface area (Å²) in [6.45, 7) is 4.25. The highest BCUT2D eigenvalue weighted by atomic mass is 35.8. The maximum absolute atomic E-state index is 5.73. The second-order valence-corrected chi connectivity index (χ2v) is 16.8. The number of rotatable bonds is 4. The van der Waals surface area contributed by atoms with Crippen molar-refractivity contribution in [3.05, 3.63) is 0 Å². The van der Waals surface area contributed by atoms with Crippen molar-refractivity contribution in [2.75, 3.05) is 7.11 Å². The van der Waals surface area contributed by atoms with Crippen molar-refractivity contribution in [1.82, 2.24) is 0 Å². The molecule has 0 amide bonds. The van der Waals surface area contributed by atoms with Crippen LogP contribution in [0.5, 0.6) is 0 Å². The van der Waals surface area contributed by atoms with E-state index in [-0.39, 0.29) is 14.9 Å². The van der Waals surface area contributed by atoms with Gasteiger partial charge < -0.3 is 4.43 Å². The van der Waals surface area contributed by atoms with Gasteiger partial charge in [0.05, 0.1) is 0 Å². The predicted octanol–water partition coefficient (Wildman–Crippen LogP) is 4.77. The molecule has 84 valence electrons. The SMILES string of the molecule is C.C.CO[Si](C)(C)CC[Si](Cl)(Cl)Cl. The van der Waals surface area contributed by atoms with Gasteiger partial charge in [0.1, 0.15) is 0 Å². The molecule has 0 atom stereocenters. The van der Waals surface area contributed by atoms with Gasteiger partial charge in [0, 0.05) is 7.11 Å². The Kier molecular flexibility index (Phi) is 11.5. The van der Waals surface area contributed by atoms with Crippen LogP contribution in [0.1, 0.15) is 14.9 Å². The van der Waals surface area contributed by atoms with Crippen LogP contribution in [-0.4, -0.2) is 21.4 Å². The van der Waals surface area contributed by atoms with E-state index in [1.807, 2.05) is 0 Å². The average Bonchev–Trinajstić information content (AvgIpc) is 1.83. The van der Waals surface area contributed by atoms with Crippen molar-refractivity contribution in [2.45, 2.75) is 40.0 Å². The molecule has 0 saturated heterocycles. The summed E-state index contributed by atoms with van der Waals surface area (Å²) in [5.41, 5.74) is 0. The molecule has 0 heterocycles. The Morgan fingerprint density at radius 2 is 1.38 bits per heavy atom. The van der Waals surface area contributed by atoms with Crippen molar-refractivity contribution in [3.8, 4) is 0 Å². The van der Waals surface area contributed by atoms with E-state index in [9.17, 15) is 0 Å². The Morgan fingerprint density at radius 3 is 1.62 bits per heavy atom. The molecule has 0 aliphatic carbocycles. The molecule has 0 N–H and O–H groups in total. The van der Waals surface area contributed by atoms with Gasteiger partial charge in [-0.3, -0.25) is 0 Å². The van der Waals surface area contributed by atoms with E-state index in [2.05, 4.69) is 13.1 Å². The van der Waals surface area contributed by atoms with E-state index in [0.717, 1.165) is 6.04 Å². The summed E-state index contributed by atoms with van der Waals surface area (Å²) in [4.78, 5) is 0. The first-order chi connectivity index (χ1) is 4.77. The van der Waals surface area contributed by atoms with Crippen LogP contribution in [0.4, 0.5) is 0 Å².